The van der Waals surface area contributed by atoms with Gasteiger partial charge in [0.15, 0.2) is 5.78 Å². The van der Waals surface area contributed by atoms with Gasteiger partial charge in [-0.05, 0) is 99.1 Å². The maximum Gasteiger partial charge on any atom is 0.196 e. The molecule has 0 saturated carbocycles. The zero-order valence-electron chi connectivity index (χ0n) is 32.3. The number of anilines is 3. The lowest BCUT2D eigenvalue weighted by Crippen LogP contribution is -2.09. The Morgan fingerprint density at radius 1 is 0.424 bits per heavy atom. The fraction of sp³-hybridized carbons (Fsp3) is 0.0179. The van der Waals surface area contributed by atoms with Gasteiger partial charge in [-0.2, -0.15) is 0 Å². The van der Waals surface area contributed by atoms with Gasteiger partial charge in [-0.25, -0.2) is 0 Å². The molecule has 0 radical (unpaired) electrons. The quantitative estimate of drug-likeness (QED) is 0.162. The number of aromatic nitrogens is 1. The average Bonchev–Trinajstić information content (AvgIpc) is 3.62. The molecule has 11 rings (SSSR count). The van der Waals surface area contributed by atoms with E-state index in [4.69, 9.17) is 0 Å². The molecule has 0 bridgehead atoms. The Kier molecular flexibility index (Phi) is 8.37. The van der Waals surface area contributed by atoms with Gasteiger partial charge in [0.25, 0.3) is 0 Å². The van der Waals surface area contributed by atoms with E-state index in [0.717, 1.165) is 84.4 Å². The molecule has 9 aromatic rings. The Morgan fingerprint density at radius 2 is 0.949 bits per heavy atom. The summed E-state index contributed by atoms with van der Waals surface area (Å²) < 4.78 is 2.32. The van der Waals surface area contributed by atoms with Crippen LogP contribution < -0.4 is 4.90 Å². The molecule has 0 unspecified atom stereocenters. The van der Waals surface area contributed by atoms with Crippen molar-refractivity contribution in [2.75, 3.05) is 4.90 Å². The first-order chi connectivity index (χ1) is 29.2. The summed E-state index contributed by atoms with van der Waals surface area (Å²) in [6.45, 7) is 0. The molecule has 3 nitrogen and oxygen atoms in total. The summed E-state index contributed by atoms with van der Waals surface area (Å²) in [4.78, 5) is 16.5. The van der Waals surface area contributed by atoms with E-state index in [2.05, 4.69) is 210 Å². The van der Waals surface area contributed by atoms with Crippen molar-refractivity contribution in [1.82, 2.24) is 4.57 Å². The van der Waals surface area contributed by atoms with Gasteiger partial charge in [-0.1, -0.05) is 164 Å². The number of carbonyl (C=O) groups excluding carboxylic acids is 1. The summed E-state index contributed by atoms with van der Waals surface area (Å²) in [6.07, 6.45) is 11.4. The molecule has 0 saturated heterocycles. The molecule has 0 aliphatic heterocycles. The molecule has 2 aliphatic rings. The molecule has 0 atom stereocenters. The molecule has 1 aromatic heterocycles. The molecule has 59 heavy (non-hydrogen) atoms. The van der Waals surface area contributed by atoms with E-state index in [1.807, 2.05) is 18.2 Å². The minimum Gasteiger partial charge on any atom is -0.312 e. The summed E-state index contributed by atoms with van der Waals surface area (Å²) in [6, 6.07) is 66.7. The fourth-order valence-corrected chi connectivity index (χ4v) is 8.94. The molecule has 0 amide bonds. The average molecular weight is 755 g/mol. The minimum absolute atomic E-state index is 0.0929. The van der Waals surface area contributed by atoms with E-state index in [1.54, 1.807) is 0 Å². The lowest BCUT2D eigenvalue weighted by Gasteiger charge is -2.26. The van der Waals surface area contributed by atoms with Crippen molar-refractivity contribution in [1.29, 1.82) is 0 Å². The molecule has 3 heteroatoms. The first-order valence-corrected chi connectivity index (χ1v) is 20.2. The van der Waals surface area contributed by atoms with Gasteiger partial charge in [0.1, 0.15) is 0 Å². The van der Waals surface area contributed by atoms with Crippen molar-refractivity contribution < 1.29 is 4.79 Å². The third-order valence-electron chi connectivity index (χ3n) is 11.8. The monoisotopic (exact) mass is 754 g/mol. The van der Waals surface area contributed by atoms with Gasteiger partial charge < -0.3 is 9.47 Å². The van der Waals surface area contributed by atoms with Crippen molar-refractivity contribution in [3.8, 4) is 44.5 Å². The Morgan fingerprint density at radius 3 is 1.56 bits per heavy atom. The smallest absolute Gasteiger partial charge is 0.196 e. The number of hydrogen-bond donors (Lipinski definition) is 0. The molecule has 0 fully saturated rings. The molecule has 2 aliphatic carbocycles. The van der Waals surface area contributed by atoms with Crippen LogP contribution in [0.5, 0.6) is 0 Å². The molecule has 1 heterocycles. The predicted octanol–water partition coefficient (Wildman–Crippen LogP) is 14.8. The van der Waals surface area contributed by atoms with Gasteiger partial charge in [0.05, 0.1) is 16.6 Å². The Balaban J connectivity index is 1.01. The van der Waals surface area contributed by atoms with E-state index >= 15 is 0 Å². The van der Waals surface area contributed by atoms with E-state index < -0.39 is 0 Å². The Labute approximate surface area is 343 Å². The third-order valence-corrected chi connectivity index (χ3v) is 11.8. The summed E-state index contributed by atoms with van der Waals surface area (Å²) in [5, 5.41) is 2.21. The van der Waals surface area contributed by atoms with Crippen molar-refractivity contribution in [3.63, 3.8) is 0 Å². The number of rotatable bonds is 7. The number of fused-ring (bicyclic) bond motifs is 7. The molecule has 0 spiro atoms. The van der Waals surface area contributed by atoms with Crippen LogP contribution in [-0.2, 0) is 0 Å². The number of benzene rings is 8. The van der Waals surface area contributed by atoms with Gasteiger partial charge in [0.2, 0.25) is 0 Å². The standard InChI is InChI=1S/C56H38N2O/c59-56-51-20-12-11-19-48(51)49-34-35-50-52-37-43(27-36-53(52)58(55(50)54(49)56)44-17-9-1-2-10-18-44)42-25-32-47(33-26-42)57(45-28-21-40(22-29-45)38-13-5-3-6-14-38)46-30-23-41(24-31-46)39-15-7-4-8-16-39/h1-17,19-37H,18H2. The second kappa shape index (κ2) is 14.3. The largest absolute Gasteiger partial charge is 0.312 e. The van der Waals surface area contributed by atoms with Crippen LogP contribution >= 0.6 is 0 Å². The zero-order valence-corrected chi connectivity index (χ0v) is 32.3. The van der Waals surface area contributed by atoms with Crippen molar-refractivity contribution in [2.45, 2.75) is 6.42 Å². The summed E-state index contributed by atoms with van der Waals surface area (Å²) in [5.74, 6) is 0.0929. The van der Waals surface area contributed by atoms with Gasteiger partial charge >= 0.3 is 0 Å². The topological polar surface area (TPSA) is 25.2 Å². The summed E-state index contributed by atoms with van der Waals surface area (Å²) >= 11 is 0. The van der Waals surface area contributed by atoms with Crippen LogP contribution in [0.25, 0.3) is 72.0 Å². The number of carbonyl (C=O) groups is 1. The summed E-state index contributed by atoms with van der Waals surface area (Å²) in [5.41, 5.74) is 17.0. The highest BCUT2D eigenvalue weighted by molar-refractivity contribution is 6.30. The number of allylic oxidation sites excluding steroid dienone is 6. The highest BCUT2D eigenvalue weighted by atomic mass is 16.1. The molecule has 8 aromatic carbocycles. The lowest BCUT2D eigenvalue weighted by molar-refractivity contribution is 0.104. The normalized spacial score (nSPS) is 13.0. The zero-order chi connectivity index (χ0) is 39.3. The summed E-state index contributed by atoms with van der Waals surface area (Å²) in [7, 11) is 0. The Hall–Kier alpha value is -7.75. The molecule has 278 valence electrons. The SMILES string of the molecule is O=C1c2ccccc2-c2ccc3c4cc(-c5ccc(N(c6ccc(-c7ccccc7)cc6)c6ccc(-c7ccccc7)cc6)cc5)ccc4n(C4=CC=CC=CC4)c3c21. The number of ketones is 1. The Bertz CT molecular complexity index is 3070. The lowest BCUT2D eigenvalue weighted by atomic mass is 9.99. The first-order valence-electron chi connectivity index (χ1n) is 20.2. The van der Waals surface area contributed by atoms with E-state index in [0.29, 0.717) is 0 Å². The van der Waals surface area contributed by atoms with Gasteiger partial charge in [-0.15, -0.1) is 0 Å². The van der Waals surface area contributed by atoms with Gasteiger partial charge in [-0.3, -0.25) is 4.79 Å². The van der Waals surface area contributed by atoms with Crippen molar-refractivity contribution in [3.05, 3.63) is 230 Å². The fourth-order valence-electron chi connectivity index (χ4n) is 8.94. The van der Waals surface area contributed by atoms with E-state index in [9.17, 15) is 4.79 Å². The van der Waals surface area contributed by atoms with Crippen LogP contribution in [0.15, 0.2) is 218 Å². The highest BCUT2D eigenvalue weighted by Gasteiger charge is 2.31. The maximum atomic E-state index is 14.2. The second-order valence-corrected chi connectivity index (χ2v) is 15.2. The van der Waals surface area contributed by atoms with Crippen LogP contribution in [0.1, 0.15) is 22.3 Å². The van der Waals surface area contributed by atoms with Crippen LogP contribution in [0, 0.1) is 0 Å². The second-order valence-electron chi connectivity index (χ2n) is 15.2. The van der Waals surface area contributed by atoms with Crippen molar-refractivity contribution in [2.24, 2.45) is 0 Å². The van der Waals surface area contributed by atoms with Crippen LogP contribution in [-0.4, -0.2) is 10.4 Å². The first kappa shape index (κ1) is 34.5. The number of nitrogens with zero attached hydrogens (tertiary/aromatic N) is 2. The van der Waals surface area contributed by atoms with E-state index in [1.165, 1.54) is 22.3 Å². The van der Waals surface area contributed by atoms with Crippen LogP contribution in [0.3, 0.4) is 0 Å². The van der Waals surface area contributed by atoms with Crippen molar-refractivity contribution >= 4 is 50.3 Å². The predicted molar refractivity (Wildman–Crippen MR) is 246 cm³/mol. The maximum absolute atomic E-state index is 14.2. The highest BCUT2D eigenvalue weighted by Crippen LogP contribution is 2.45. The molecular weight excluding hydrogens is 717 g/mol. The number of hydrogen-bond acceptors (Lipinski definition) is 2. The van der Waals surface area contributed by atoms with Gasteiger partial charge in [0, 0.05) is 45.5 Å². The third kappa shape index (κ3) is 5.95. The molecule has 0 N–H and O–H groups in total. The van der Waals surface area contributed by atoms with Crippen LogP contribution in [0.2, 0.25) is 0 Å². The minimum atomic E-state index is 0.0929. The van der Waals surface area contributed by atoms with Crippen LogP contribution in [0.4, 0.5) is 17.1 Å². The van der Waals surface area contributed by atoms with E-state index in [-0.39, 0.29) is 5.78 Å². The molecular formula is C56H38N2O.